The molecule has 0 saturated carbocycles. The van der Waals surface area contributed by atoms with E-state index in [2.05, 4.69) is 38.7 Å². The van der Waals surface area contributed by atoms with Gasteiger partial charge in [0.25, 0.3) is 0 Å². The number of nitrogens with one attached hydrogen (secondary N) is 2. The second-order valence-electron chi connectivity index (χ2n) is 8.25. The number of piperazine rings is 1. The zero-order chi connectivity index (χ0) is 20.8. The summed E-state index contributed by atoms with van der Waals surface area (Å²) in [6.45, 7) is 2.70. The van der Waals surface area contributed by atoms with Crippen LogP contribution in [0.15, 0.2) is 66.9 Å². The van der Waals surface area contributed by atoms with Gasteiger partial charge >= 0.3 is 0 Å². The van der Waals surface area contributed by atoms with Gasteiger partial charge in [-0.2, -0.15) is 0 Å². The van der Waals surface area contributed by atoms with Gasteiger partial charge in [-0.25, -0.2) is 9.67 Å². The zero-order valence-corrected chi connectivity index (χ0v) is 17.8. The first-order valence-electron chi connectivity index (χ1n) is 10.7. The molecule has 0 amide bonds. The number of aromatic nitrogens is 3. The molecule has 2 unspecified atom stereocenters. The summed E-state index contributed by atoms with van der Waals surface area (Å²) in [6.07, 6.45) is 2.99. The van der Waals surface area contributed by atoms with Crippen molar-refractivity contribution in [2.75, 3.05) is 23.3 Å². The standard InChI is InChI=1S/C24H23ClN6/c25-20-7-4-8-21-23(20)24(30-15-17-11-19(30)14-27-17)29-31(21)18-9-10-26-22(12-18)28-13-16-5-2-1-3-6-16/h1-10,12,17,19,27H,11,13-15H2,(H,26,28). The minimum Gasteiger partial charge on any atom is -0.366 e. The number of hydrogen-bond acceptors (Lipinski definition) is 5. The number of nitrogens with zero attached hydrogens (tertiary/aromatic N) is 4. The molecular formula is C24H23ClN6. The molecule has 2 aliphatic heterocycles. The largest absolute Gasteiger partial charge is 0.366 e. The van der Waals surface area contributed by atoms with Crippen LogP contribution in [0.5, 0.6) is 0 Å². The maximum absolute atomic E-state index is 6.67. The Morgan fingerprint density at radius 1 is 1.10 bits per heavy atom. The van der Waals surface area contributed by atoms with Crippen LogP contribution >= 0.6 is 11.6 Å². The third-order valence-electron chi connectivity index (χ3n) is 6.27. The van der Waals surface area contributed by atoms with Gasteiger partial charge in [-0.15, -0.1) is 5.10 Å². The summed E-state index contributed by atoms with van der Waals surface area (Å²) in [5.74, 6) is 1.79. The zero-order valence-electron chi connectivity index (χ0n) is 17.0. The van der Waals surface area contributed by atoms with Gasteiger partial charge in [-0.1, -0.05) is 48.0 Å². The Labute approximate surface area is 185 Å². The quantitative estimate of drug-likeness (QED) is 0.496. The van der Waals surface area contributed by atoms with Gasteiger partial charge in [0.2, 0.25) is 0 Å². The highest BCUT2D eigenvalue weighted by molar-refractivity contribution is 6.36. The van der Waals surface area contributed by atoms with E-state index < -0.39 is 0 Å². The summed E-state index contributed by atoms with van der Waals surface area (Å²) in [5.41, 5.74) is 3.19. The third kappa shape index (κ3) is 3.32. The van der Waals surface area contributed by atoms with Crippen LogP contribution in [0.4, 0.5) is 11.6 Å². The summed E-state index contributed by atoms with van der Waals surface area (Å²) in [5, 5.41) is 13.8. The molecular weight excluding hydrogens is 408 g/mol. The van der Waals surface area contributed by atoms with Gasteiger partial charge < -0.3 is 15.5 Å². The third-order valence-corrected chi connectivity index (χ3v) is 6.59. The molecule has 31 heavy (non-hydrogen) atoms. The lowest BCUT2D eigenvalue weighted by Crippen LogP contribution is -2.43. The highest BCUT2D eigenvalue weighted by atomic mass is 35.5. The summed E-state index contributed by atoms with van der Waals surface area (Å²) in [6, 6.07) is 21.4. The smallest absolute Gasteiger partial charge is 0.160 e. The van der Waals surface area contributed by atoms with E-state index >= 15 is 0 Å². The Bertz CT molecular complexity index is 1240. The molecule has 0 radical (unpaired) electrons. The van der Waals surface area contributed by atoms with Gasteiger partial charge in [0.05, 0.1) is 21.6 Å². The van der Waals surface area contributed by atoms with Gasteiger partial charge in [0.1, 0.15) is 5.82 Å². The SMILES string of the molecule is Clc1cccc2c1c(N1CC3CC1CN3)nn2-c1ccnc(NCc2ccccc2)c1. The molecule has 0 spiro atoms. The molecule has 2 fully saturated rings. The van der Waals surface area contributed by atoms with E-state index in [-0.39, 0.29) is 0 Å². The minimum absolute atomic E-state index is 0.480. The average Bonchev–Trinajstić information content (AvgIpc) is 3.53. The van der Waals surface area contributed by atoms with Crippen molar-refractivity contribution in [2.24, 2.45) is 0 Å². The fourth-order valence-corrected chi connectivity index (χ4v) is 5.02. The summed E-state index contributed by atoms with van der Waals surface area (Å²) < 4.78 is 1.99. The number of anilines is 2. The summed E-state index contributed by atoms with van der Waals surface area (Å²) >= 11 is 6.67. The van der Waals surface area contributed by atoms with Crippen molar-refractivity contribution in [3.8, 4) is 5.69 Å². The molecule has 0 aliphatic carbocycles. The average molecular weight is 431 g/mol. The van der Waals surface area contributed by atoms with Crippen molar-refractivity contribution in [3.05, 3.63) is 77.4 Å². The molecule has 2 N–H and O–H groups in total. The van der Waals surface area contributed by atoms with Crippen LogP contribution in [0.3, 0.4) is 0 Å². The predicted molar refractivity (Wildman–Crippen MR) is 125 cm³/mol. The highest BCUT2D eigenvalue weighted by Gasteiger charge is 2.39. The molecule has 6 nitrogen and oxygen atoms in total. The lowest BCUT2D eigenvalue weighted by molar-refractivity contribution is 0.575. The normalized spacial score (nSPS) is 20.0. The van der Waals surface area contributed by atoms with Crippen molar-refractivity contribution < 1.29 is 0 Å². The van der Waals surface area contributed by atoms with E-state index in [1.807, 2.05) is 53.3 Å². The van der Waals surface area contributed by atoms with Crippen molar-refractivity contribution in [1.29, 1.82) is 0 Å². The summed E-state index contributed by atoms with van der Waals surface area (Å²) in [7, 11) is 0. The Hall–Kier alpha value is -3.09. The van der Waals surface area contributed by atoms with E-state index in [0.717, 1.165) is 52.9 Å². The fourth-order valence-electron chi connectivity index (χ4n) is 4.76. The first-order chi connectivity index (χ1) is 15.3. The van der Waals surface area contributed by atoms with E-state index in [9.17, 15) is 0 Å². The van der Waals surface area contributed by atoms with Crippen LogP contribution in [0.1, 0.15) is 12.0 Å². The first kappa shape index (κ1) is 18.7. The van der Waals surface area contributed by atoms with E-state index in [1.165, 1.54) is 12.0 Å². The monoisotopic (exact) mass is 430 g/mol. The van der Waals surface area contributed by atoms with Crippen LogP contribution in [0.2, 0.25) is 5.02 Å². The van der Waals surface area contributed by atoms with Gasteiger partial charge in [0, 0.05) is 44.0 Å². The Morgan fingerprint density at radius 2 is 2.00 bits per heavy atom. The summed E-state index contributed by atoms with van der Waals surface area (Å²) in [4.78, 5) is 6.91. The predicted octanol–water partition coefficient (Wildman–Crippen LogP) is 4.24. The Morgan fingerprint density at radius 3 is 2.81 bits per heavy atom. The van der Waals surface area contributed by atoms with Crippen molar-refractivity contribution in [2.45, 2.75) is 25.0 Å². The van der Waals surface area contributed by atoms with Crippen molar-refractivity contribution in [3.63, 3.8) is 0 Å². The van der Waals surface area contributed by atoms with E-state index in [4.69, 9.17) is 16.7 Å². The molecule has 4 heterocycles. The number of halogens is 1. The maximum atomic E-state index is 6.67. The van der Waals surface area contributed by atoms with Crippen LogP contribution in [0, 0.1) is 0 Å². The molecule has 2 atom stereocenters. The lowest BCUT2D eigenvalue weighted by atomic mass is 10.2. The number of fused-ring (bicyclic) bond motifs is 3. The molecule has 2 bridgehead atoms. The molecule has 7 heteroatoms. The van der Waals surface area contributed by atoms with Crippen molar-refractivity contribution >= 4 is 34.1 Å². The minimum atomic E-state index is 0.480. The fraction of sp³-hybridized carbons (Fsp3) is 0.250. The maximum Gasteiger partial charge on any atom is 0.160 e. The second kappa shape index (κ2) is 7.55. The second-order valence-corrected chi connectivity index (χ2v) is 8.66. The van der Waals surface area contributed by atoms with E-state index in [0.29, 0.717) is 12.1 Å². The van der Waals surface area contributed by atoms with E-state index in [1.54, 1.807) is 0 Å². The van der Waals surface area contributed by atoms with Crippen LogP contribution in [0.25, 0.3) is 16.6 Å². The molecule has 4 aromatic rings. The number of rotatable bonds is 5. The lowest BCUT2D eigenvalue weighted by Gasteiger charge is -2.27. The van der Waals surface area contributed by atoms with Gasteiger partial charge in [-0.3, -0.25) is 0 Å². The first-order valence-corrected chi connectivity index (χ1v) is 11.1. The van der Waals surface area contributed by atoms with Crippen LogP contribution in [-0.2, 0) is 6.54 Å². The number of hydrogen-bond donors (Lipinski definition) is 2. The van der Waals surface area contributed by atoms with Crippen molar-refractivity contribution in [1.82, 2.24) is 20.1 Å². The molecule has 2 aromatic carbocycles. The topological polar surface area (TPSA) is 58.0 Å². The molecule has 2 saturated heterocycles. The number of pyridine rings is 1. The molecule has 2 aromatic heterocycles. The van der Waals surface area contributed by atoms with Gasteiger partial charge in [-0.05, 0) is 30.2 Å². The molecule has 2 aliphatic rings. The van der Waals surface area contributed by atoms with Crippen LogP contribution < -0.4 is 15.5 Å². The number of benzene rings is 2. The van der Waals surface area contributed by atoms with Gasteiger partial charge in [0.15, 0.2) is 5.82 Å². The Kier molecular flexibility index (Phi) is 4.55. The Balaban J connectivity index is 1.37. The molecule has 156 valence electrons. The van der Waals surface area contributed by atoms with Crippen LogP contribution in [-0.4, -0.2) is 39.9 Å². The highest BCUT2D eigenvalue weighted by Crippen LogP contribution is 2.38. The molecule has 6 rings (SSSR count).